The van der Waals surface area contributed by atoms with Crippen molar-refractivity contribution in [1.29, 1.82) is 0 Å². The Hall–Kier alpha value is -2.69. The van der Waals surface area contributed by atoms with Crippen LogP contribution < -0.4 is 0 Å². The van der Waals surface area contributed by atoms with Crippen LogP contribution in [0.5, 0.6) is 0 Å². The minimum absolute atomic E-state index is 0.110. The number of allylic oxidation sites excluding steroid dienone is 1. The molecule has 0 bridgehead atoms. The summed E-state index contributed by atoms with van der Waals surface area (Å²) in [5.41, 5.74) is -5.44. The molecule has 10 nitrogen and oxygen atoms in total. The summed E-state index contributed by atoms with van der Waals surface area (Å²) in [6.45, 7) is 12.5. The molecule has 1 saturated heterocycles. The summed E-state index contributed by atoms with van der Waals surface area (Å²) in [4.78, 5) is 50.1. The van der Waals surface area contributed by atoms with E-state index in [4.69, 9.17) is 30.5 Å². The molecule has 0 radical (unpaired) electrons. The minimum atomic E-state index is -2.27. The molecular weight excluding hydrogens is 532 g/mol. The van der Waals surface area contributed by atoms with Crippen LogP contribution in [0.3, 0.4) is 0 Å². The molecule has 1 fully saturated rings. The van der Waals surface area contributed by atoms with Crippen molar-refractivity contribution in [2.24, 2.45) is 17.3 Å². The van der Waals surface area contributed by atoms with Crippen LogP contribution in [0.1, 0.15) is 54.4 Å². The number of carbonyl (C=O) groups excluding carboxylic acids is 4. The smallest absolute Gasteiger partial charge is 0.312 e. The van der Waals surface area contributed by atoms with Gasteiger partial charge in [-0.3, -0.25) is 19.2 Å². The standard InChI is InChI=1S/C28H37ClO10/c1-8-9-20(32)38-18-11-10-14(2)21(29)23-28(35,15(3)25(33)39-23)24(37-17(5)31)22-26(18,6)13-12-19(27(22,7)34)36-16(4)30/h10-13,15,18-19,21-24,34-35H,2,8-9H2,1,3-7H3/b11-10-/t15?,18-,19+,21-,22+,23-,24-,26+,27+,28-/m0/s1. The second-order valence-electron chi connectivity index (χ2n) is 11.0. The quantitative estimate of drug-likeness (QED) is 0.219. The number of ether oxygens (including phenoxy) is 4. The molecule has 1 heterocycles. The van der Waals surface area contributed by atoms with Gasteiger partial charge in [0.05, 0.1) is 11.3 Å². The van der Waals surface area contributed by atoms with Crippen molar-refractivity contribution < 1.29 is 48.3 Å². The maximum Gasteiger partial charge on any atom is 0.312 e. The van der Waals surface area contributed by atoms with Gasteiger partial charge in [-0.1, -0.05) is 32.6 Å². The van der Waals surface area contributed by atoms with Crippen molar-refractivity contribution in [3.63, 3.8) is 0 Å². The Labute approximate surface area is 232 Å². The lowest BCUT2D eigenvalue weighted by atomic mass is 9.55. The van der Waals surface area contributed by atoms with Gasteiger partial charge in [-0.15, -0.1) is 11.6 Å². The van der Waals surface area contributed by atoms with E-state index in [9.17, 15) is 29.4 Å². The van der Waals surface area contributed by atoms with Gasteiger partial charge >= 0.3 is 23.9 Å². The second-order valence-corrected chi connectivity index (χ2v) is 11.4. The first-order valence-corrected chi connectivity index (χ1v) is 13.3. The van der Waals surface area contributed by atoms with Gasteiger partial charge in [0, 0.05) is 31.6 Å². The zero-order valence-corrected chi connectivity index (χ0v) is 23.8. The molecule has 3 aliphatic rings. The van der Waals surface area contributed by atoms with Crippen LogP contribution in [0, 0.1) is 17.3 Å². The molecule has 3 rings (SSSR count). The fourth-order valence-electron chi connectivity index (χ4n) is 5.98. The van der Waals surface area contributed by atoms with Gasteiger partial charge in [-0.05, 0) is 38.0 Å². The first-order chi connectivity index (χ1) is 18.0. The molecule has 0 aromatic heterocycles. The maximum absolute atomic E-state index is 12.9. The predicted molar refractivity (Wildman–Crippen MR) is 139 cm³/mol. The molecule has 2 N–H and O–H groups in total. The predicted octanol–water partition coefficient (Wildman–Crippen LogP) is 2.53. The Morgan fingerprint density at radius 2 is 1.69 bits per heavy atom. The topological polar surface area (TPSA) is 146 Å². The van der Waals surface area contributed by atoms with Gasteiger partial charge in [-0.25, -0.2) is 0 Å². The van der Waals surface area contributed by atoms with E-state index >= 15 is 0 Å². The van der Waals surface area contributed by atoms with Crippen LogP contribution in [0.4, 0.5) is 0 Å². The van der Waals surface area contributed by atoms with Gasteiger partial charge in [-0.2, -0.15) is 0 Å². The van der Waals surface area contributed by atoms with Crippen molar-refractivity contribution in [3.8, 4) is 0 Å². The lowest BCUT2D eigenvalue weighted by Crippen LogP contribution is -2.70. The Bertz CT molecular complexity index is 1100. The van der Waals surface area contributed by atoms with Gasteiger partial charge in [0.2, 0.25) is 0 Å². The molecule has 2 aliphatic carbocycles. The highest BCUT2D eigenvalue weighted by Crippen LogP contribution is 2.55. The highest BCUT2D eigenvalue weighted by molar-refractivity contribution is 6.23. The van der Waals surface area contributed by atoms with E-state index in [1.54, 1.807) is 19.1 Å². The Balaban J connectivity index is 2.39. The highest BCUT2D eigenvalue weighted by atomic mass is 35.5. The van der Waals surface area contributed by atoms with E-state index in [0.29, 0.717) is 6.42 Å². The first kappa shape index (κ1) is 30.8. The summed E-state index contributed by atoms with van der Waals surface area (Å²) < 4.78 is 22.6. The zero-order valence-electron chi connectivity index (χ0n) is 23.0. The summed E-state index contributed by atoms with van der Waals surface area (Å²) in [5.74, 6) is -5.43. The molecule has 10 atom stereocenters. The number of fused-ring (bicyclic) bond motifs is 2. The zero-order chi connectivity index (χ0) is 29.5. The number of carbonyl (C=O) groups is 4. The lowest BCUT2D eigenvalue weighted by molar-refractivity contribution is -0.242. The minimum Gasteiger partial charge on any atom is -0.459 e. The third-order valence-electron chi connectivity index (χ3n) is 8.03. The molecule has 216 valence electrons. The van der Waals surface area contributed by atoms with Crippen LogP contribution >= 0.6 is 11.6 Å². The Morgan fingerprint density at radius 1 is 1.08 bits per heavy atom. The molecule has 0 aromatic rings. The molecular formula is C28H37ClO10. The van der Waals surface area contributed by atoms with Crippen LogP contribution in [0.2, 0.25) is 0 Å². The second kappa shape index (κ2) is 11.1. The van der Waals surface area contributed by atoms with E-state index in [0.717, 1.165) is 6.92 Å². The average molecular weight is 569 g/mol. The summed E-state index contributed by atoms with van der Waals surface area (Å²) in [7, 11) is 0. The van der Waals surface area contributed by atoms with E-state index in [1.807, 2.05) is 6.92 Å². The van der Waals surface area contributed by atoms with E-state index < -0.39 is 82.1 Å². The lowest BCUT2D eigenvalue weighted by Gasteiger charge is -2.56. The average Bonchev–Trinajstić information content (AvgIpc) is 3.06. The fourth-order valence-corrected chi connectivity index (χ4v) is 6.31. The van der Waals surface area contributed by atoms with Crippen molar-refractivity contribution in [3.05, 3.63) is 36.5 Å². The van der Waals surface area contributed by atoms with Crippen molar-refractivity contribution >= 4 is 35.5 Å². The summed E-state index contributed by atoms with van der Waals surface area (Å²) >= 11 is 6.69. The van der Waals surface area contributed by atoms with E-state index in [-0.39, 0.29) is 12.0 Å². The molecule has 0 aromatic carbocycles. The number of alkyl halides is 1. The molecule has 0 amide bonds. The molecule has 39 heavy (non-hydrogen) atoms. The normalized spacial score (nSPS) is 42.4. The van der Waals surface area contributed by atoms with Gasteiger partial charge in [0.1, 0.15) is 23.9 Å². The number of rotatable bonds is 5. The SMILES string of the molecule is C=C1/C=C\[C@H](OC(=O)CCC)[C@@]2(C)C=C[C@@H](OC(C)=O)[C@@](C)(O)[C@@H]2[C@H](OC(C)=O)[C@]2(O)C(C)C(=O)O[C@H]2[C@H]1Cl. The monoisotopic (exact) mass is 568 g/mol. The van der Waals surface area contributed by atoms with Crippen molar-refractivity contribution in [1.82, 2.24) is 0 Å². The van der Waals surface area contributed by atoms with Gasteiger partial charge < -0.3 is 29.2 Å². The van der Waals surface area contributed by atoms with Crippen LogP contribution in [-0.4, -0.2) is 75.1 Å². The number of esters is 4. The van der Waals surface area contributed by atoms with Crippen LogP contribution in [0.15, 0.2) is 36.5 Å². The van der Waals surface area contributed by atoms with Crippen molar-refractivity contribution in [2.75, 3.05) is 0 Å². The highest BCUT2D eigenvalue weighted by Gasteiger charge is 2.70. The number of hydrogen-bond donors (Lipinski definition) is 2. The maximum atomic E-state index is 12.9. The number of halogens is 1. The van der Waals surface area contributed by atoms with Crippen LogP contribution in [-0.2, 0) is 38.1 Å². The summed E-state index contributed by atoms with van der Waals surface area (Å²) in [5, 5.41) is 23.3. The van der Waals surface area contributed by atoms with E-state index in [2.05, 4.69) is 6.58 Å². The molecule has 0 saturated carbocycles. The first-order valence-electron chi connectivity index (χ1n) is 12.9. The third-order valence-corrected chi connectivity index (χ3v) is 8.54. The Kier molecular flexibility index (Phi) is 8.75. The molecule has 1 aliphatic heterocycles. The molecule has 0 spiro atoms. The summed E-state index contributed by atoms with van der Waals surface area (Å²) in [6, 6.07) is 0. The summed E-state index contributed by atoms with van der Waals surface area (Å²) in [6.07, 6.45) is 1.31. The largest absolute Gasteiger partial charge is 0.459 e. The van der Waals surface area contributed by atoms with Gasteiger partial charge in [0.15, 0.2) is 11.7 Å². The Morgan fingerprint density at radius 3 is 2.26 bits per heavy atom. The number of hydrogen-bond acceptors (Lipinski definition) is 10. The molecule has 1 unspecified atom stereocenters. The fraction of sp³-hybridized carbons (Fsp3) is 0.643. The van der Waals surface area contributed by atoms with Crippen LogP contribution in [0.25, 0.3) is 0 Å². The van der Waals surface area contributed by atoms with E-state index in [1.165, 1.54) is 32.9 Å². The molecule has 11 heteroatoms. The number of aliphatic hydroxyl groups is 2. The van der Waals surface area contributed by atoms with Crippen molar-refractivity contribution in [2.45, 2.75) is 95.4 Å². The third kappa shape index (κ3) is 5.38. The van der Waals surface area contributed by atoms with Gasteiger partial charge in [0.25, 0.3) is 0 Å².